The zero-order valence-electron chi connectivity index (χ0n) is 14.4. The lowest BCUT2D eigenvalue weighted by molar-refractivity contribution is 0.0599. The van der Waals surface area contributed by atoms with Gasteiger partial charge in [-0.25, -0.2) is 9.18 Å². The molecule has 134 valence electrons. The number of benzene rings is 1. The summed E-state index contributed by atoms with van der Waals surface area (Å²) in [5, 5.41) is 11.8. The molecule has 2 heterocycles. The van der Waals surface area contributed by atoms with Crippen molar-refractivity contribution in [3.63, 3.8) is 0 Å². The van der Waals surface area contributed by atoms with E-state index >= 15 is 0 Å². The van der Waals surface area contributed by atoms with Crippen LogP contribution in [0.4, 0.5) is 4.39 Å². The highest BCUT2D eigenvalue weighted by molar-refractivity contribution is 6.01. The van der Waals surface area contributed by atoms with E-state index in [1.165, 1.54) is 31.4 Å². The van der Waals surface area contributed by atoms with Crippen LogP contribution < -0.4 is 0 Å². The quantitative estimate of drug-likeness (QED) is 0.554. The predicted molar refractivity (Wildman–Crippen MR) is 89.1 cm³/mol. The van der Waals surface area contributed by atoms with Crippen LogP contribution in [0, 0.1) is 19.7 Å². The molecule has 1 N–H and O–H groups in total. The second kappa shape index (κ2) is 6.87. The van der Waals surface area contributed by atoms with Gasteiger partial charge >= 0.3 is 5.97 Å². The zero-order valence-corrected chi connectivity index (χ0v) is 14.4. The third-order valence-electron chi connectivity index (χ3n) is 3.95. The fourth-order valence-electron chi connectivity index (χ4n) is 2.67. The summed E-state index contributed by atoms with van der Waals surface area (Å²) in [7, 11) is 1.28. The molecule has 0 fully saturated rings. The van der Waals surface area contributed by atoms with E-state index in [4.69, 9.17) is 4.74 Å². The molecule has 9 heteroatoms. The molecule has 8 nitrogen and oxygen atoms in total. The lowest BCUT2D eigenvalue weighted by Gasteiger charge is -2.01. The normalized spacial score (nSPS) is 10.8. The molecular weight excluding hydrogens is 341 g/mol. The van der Waals surface area contributed by atoms with Crippen LogP contribution in [-0.4, -0.2) is 44.1 Å². The van der Waals surface area contributed by atoms with Crippen LogP contribution >= 0.6 is 0 Å². The standard InChI is InChI=1S/C17H16FN5O3/c1-9-14(17(25)26-3)10(2)19-15(9)13(24)8-23-21-16(20-22-23)11-4-6-12(18)7-5-11/h4-7,19H,8H2,1-3H3. The van der Waals surface area contributed by atoms with Gasteiger partial charge in [-0.15, -0.1) is 10.2 Å². The van der Waals surface area contributed by atoms with Crippen molar-refractivity contribution in [2.45, 2.75) is 20.4 Å². The summed E-state index contributed by atoms with van der Waals surface area (Å²) in [6.07, 6.45) is 0. The first kappa shape index (κ1) is 17.5. The molecule has 0 bridgehead atoms. The monoisotopic (exact) mass is 357 g/mol. The summed E-state index contributed by atoms with van der Waals surface area (Å²) in [5.41, 5.74) is 2.29. The van der Waals surface area contributed by atoms with Crippen molar-refractivity contribution in [3.05, 3.63) is 52.6 Å². The molecule has 0 saturated heterocycles. The van der Waals surface area contributed by atoms with Crippen molar-refractivity contribution in [3.8, 4) is 11.4 Å². The van der Waals surface area contributed by atoms with Crippen LogP contribution in [0.15, 0.2) is 24.3 Å². The van der Waals surface area contributed by atoms with Crippen molar-refractivity contribution in [2.24, 2.45) is 0 Å². The van der Waals surface area contributed by atoms with E-state index in [-0.39, 0.29) is 24.0 Å². The van der Waals surface area contributed by atoms with Gasteiger partial charge < -0.3 is 9.72 Å². The largest absolute Gasteiger partial charge is 0.465 e. The fourth-order valence-corrected chi connectivity index (χ4v) is 2.67. The van der Waals surface area contributed by atoms with Gasteiger partial charge in [0, 0.05) is 11.3 Å². The second-order valence-corrected chi connectivity index (χ2v) is 5.69. The molecule has 0 aliphatic carbocycles. The van der Waals surface area contributed by atoms with Gasteiger partial charge in [0.15, 0.2) is 0 Å². The third-order valence-corrected chi connectivity index (χ3v) is 3.95. The fraction of sp³-hybridized carbons (Fsp3) is 0.235. The minimum atomic E-state index is -0.507. The highest BCUT2D eigenvalue weighted by atomic mass is 19.1. The summed E-state index contributed by atoms with van der Waals surface area (Å²) in [4.78, 5) is 28.4. The number of nitrogens with zero attached hydrogens (tertiary/aromatic N) is 4. The van der Waals surface area contributed by atoms with Crippen molar-refractivity contribution in [1.82, 2.24) is 25.2 Å². The van der Waals surface area contributed by atoms with Crippen LogP contribution in [0.3, 0.4) is 0 Å². The van der Waals surface area contributed by atoms with Gasteiger partial charge in [-0.1, -0.05) is 0 Å². The number of methoxy groups -OCH3 is 1. The zero-order chi connectivity index (χ0) is 18.8. The molecule has 0 atom stereocenters. The molecule has 0 aliphatic heterocycles. The number of aromatic amines is 1. The maximum atomic E-state index is 13.0. The van der Waals surface area contributed by atoms with E-state index in [1.807, 2.05) is 0 Å². The number of esters is 1. The molecule has 3 rings (SSSR count). The Bertz CT molecular complexity index is 975. The van der Waals surface area contributed by atoms with Crippen molar-refractivity contribution in [2.75, 3.05) is 7.11 Å². The van der Waals surface area contributed by atoms with Crippen molar-refractivity contribution >= 4 is 11.8 Å². The second-order valence-electron chi connectivity index (χ2n) is 5.69. The SMILES string of the molecule is COC(=O)c1c(C)[nH]c(C(=O)Cn2nnc(-c3ccc(F)cc3)n2)c1C. The van der Waals surface area contributed by atoms with Gasteiger partial charge in [-0.05, 0) is 48.9 Å². The van der Waals surface area contributed by atoms with Gasteiger partial charge in [-0.3, -0.25) is 4.79 Å². The molecule has 0 saturated carbocycles. The summed E-state index contributed by atoms with van der Waals surface area (Å²) < 4.78 is 17.7. The van der Waals surface area contributed by atoms with Crippen LogP contribution in [0.25, 0.3) is 11.4 Å². The molecule has 0 aliphatic rings. The summed E-state index contributed by atoms with van der Waals surface area (Å²) in [6, 6.07) is 5.64. The van der Waals surface area contributed by atoms with Gasteiger partial charge in [-0.2, -0.15) is 4.80 Å². The number of halogens is 1. The highest BCUT2D eigenvalue weighted by Gasteiger charge is 2.23. The Kier molecular flexibility index (Phi) is 4.61. The van der Waals surface area contributed by atoms with E-state index in [2.05, 4.69) is 20.4 Å². The van der Waals surface area contributed by atoms with Crippen LogP contribution in [-0.2, 0) is 11.3 Å². The number of H-pyrrole nitrogens is 1. The average molecular weight is 357 g/mol. The first-order valence-electron chi connectivity index (χ1n) is 7.75. The minimum absolute atomic E-state index is 0.157. The smallest absolute Gasteiger partial charge is 0.339 e. The van der Waals surface area contributed by atoms with Gasteiger partial charge in [0.2, 0.25) is 11.6 Å². The van der Waals surface area contributed by atoms with Gasteiger partial charge in [0.05, 0.1) is 18.4 Å². The molecule has 3 aromatic rings. The number of hydrogen-bond acceptors (Lipinski definition) is 6. The molecular formula is C17H16FN5O3. The number of aromatic nitrogens is 5. The lowest BCUT2D eigenvalue weighted by atomic mass is 10.1. The third kappa shape index (κ3) is 3.23. The van der Waals surface area contributed by atoms with Crippen LogP contribution in [0.1, 0.15) is 32.1 Å². The number of ketones is 1. The maximum Gasteiger partial charge on any atom is 0.339 e. The van der Waals surface area contributed by atoms with E-state index in [9.17, 15) is 14.0 Å². The van der Waals surface area contributed by atoms with E-state index < -0.39 is 5.97 Å². The molecule has 26 heavy (non-hydrogen) atoms. The topological polar surface area (TPSA) is 103 Å². The van der Waals surface area contributed by atoms with Crippen LogP contribution in [0.5, 0.6) is 0 Å². The Morgan fingerprint density at radius 2 is 1.92 bits per heavy atom. The number of ether oxygens (including phenoxy) is 1. The Hall–Kier alpha value is -3.36. The molecule has 0 spiro atoms. The Labute approximate surface area is 148 Å². The number of carbonyl (C=O) groups excluding carboxylic acids is 2. The molecule has 0 radical (unpaired) electrons. The Morgan fingerprint density at radius 1 is 1.23 bits per heavy atom. The molecule has 2 aromatic heterocycles. The van der Waals surface area contributed by atoms with Crippen molar-refractivity contribution < 1.29 is 18.7 Å². The number of Topliss-reactive ketones (excluding diaryl/α,β-unsaturated/α-hetero) is 1. The van der Waals surface area contributed by atoms with Crippen molar-refractivity contribution in [1.29, 1.82) is 0 Å². The Balaban J connectivity index is 1.81. The van der Waals surface area contributed by atoms with Crippen LogP contribution in [0.2, 0.25) is 0 Å². The molecule has 1 aromatic carbocycles. The number of nitrogens with one attached hydrogen (secondary N) is 1. The Morgan fingerprint density at radius 3 is 2.58 bits per heavy atom. The molecule has 0 amide bonds. The minimum Gasteiger partial charge on any atom is -0.465 e. The number of rotatable bonds is 5. The van der Waals surface area contributed by atoms with Gasteiger partial charge in [0.1, 0.15) is 12.4 Å². The number of carbonyl (C=O) groups is 2. The van der Waals surface area contributed by atoms with Gasteiger partial charge in [0.25, 0.3) is 0 Å². The maximum absolute atomic E-state index is 13.0. The molecule has 0 unspecified atom stereocenters. The first-order chi connectivity index (χ1) is 12.4. The number of hydrogen-bond donors (Lipinski definition) is 1. The lowest BCUT2D eigenvalue weighted by Crippen LogP contribution is -2.15. The summed E-state index contributed by atoms with van der Waals surface area (Å²) in [5.74, 6) is -0.889. The highest BCUT2D eigenvalue weighted by Crippen LogP contribution is 2.20. The van der Waals surface area contributed by atoms with E-state index in [0.717, 1.165) is 4.80 Å². The first-order valence-corrected chi connectivity index (χ1v) is 7.75. The summed E-state index contributed by atoms with van der Waals surface area (Å²) in [6.45, 7) is 3.20. The number of tetrazole rings is 1. The van der Waals surface area contributed by atoms with E-state index in [0.29, 0.717) is 28.1 Å². The predicted octanol–water partition coefficient (Wildman–Crippen LogP) is 2.09. The summed E-state index contributed by atoms with van der Waals surface area (Å²) >= 11 is 0. The number of aryl methyl sites for hydroxylation is 1. The van der Waals surface area contributed by atoms with E-state index in [1.54, 1.807) is 13.8 Å². The average Bonchev–Trinajstić information content (AvgIpc) is 3.19.